The van der Waals surface area contributed by atoms with Crippen LogP contribution in [0.1, 0.15) is 69.6 Å². The van der Waals surface area contributed by atoms with Crippen molar-refractivity contribution in [2.45, 2.75) is 64.7 Å². The lowest BCUT2D eigenvalue weighted by Crippen LogP contribution is -2.19. The summed E-state index contributed by atoms with van der Waals surface area (Å²) >= 11 is 0. The van der Waals surface area contributed by atoms with E-state index < -0.39 is 0 Å². The Kier molecular flexibility index (Phi) is 6.27. The van der Waals surface area contributed by atoms with Gasteiger partial charge in [0, 0.05) is 5.41 Å². The molecule has 1 N–H and O–H groups in total. The van der Waals surface area contributed by atoms with E-state index in [-0.39, 0.29) is 5.41 Å². The fourth-order valence-electron chi connectivity index (χ4n) is 3.11. The van der Waals surface area contributed by atoms with Crippen molar-refractivity contribution >= 4 is 0 Å². The number of phenols is 1. The molecule has 0 aliphatic carbocycles. The van der Waals surface area contributed by atoms with Crippen LogP contribution in [0.3, 0.4) is 0 Å². The van der Waals surface area contributed by atoms with Gasteiger partial charge in [0.1, 0.15) is 5.75 Å². The summed E-state index contributed by atoms with van der Waals surface area (Å²) in [5.41, 5.74) is 3.61. The van der Waals surface area contributed by atoms with Gasteiger partial charge in [-0.15, -0.1) is 0 Å². The Morgan fingerprint density at radius 3 is 2.22 bits per heavy atom. The van der Waals surface area contributed by atoms with Crippen molar-refractivity contribution in [3.8, 4) is 5.75 Å². The molecule has 2 aromatic carbocycles. The van der Waals surface area contributed by atoms with E-state index in [0.29, 0.717) is 5.75 Å². The standard InChI is InChI=1S/C22H30O/c1-4-5-6-7-9-12-18-17-20(15-16-21(18)23)22(2,3)19-13-10-8-11-14-19/h8,10-11,13-17,23H,4-7,9,12H2,1-3H3. The summed E-state index contributed by atoms with van der Waals surface area (Å²) in [6.07, 6.45) is 7.25. The zero-order valence-electron chi connectivity index (χ0n) is 14.8. The quantitative estimate of drug-likeness (QED) is 0.573. The van der Waals surface area contributed by atoms with Crippen LogP contribution >= 0.6 is 0 Å². The second kappa shape index (κ2) is 8.19. The molecule has 0 spiro atoms. The molecule has 0 aliphatic heterocycles. The van der Waals surface area contributed by atoms with Gasteiger partial charge in [0.05, 0.1) is 0 Å². The van der Waals surface area contributed by atoms with Crippen LogP contribution in [-0.4, -0.2) is 5.11 Å². The van der Waals surface area contributed by atoms with Gasteiger partial charge in [0.15, 0.2) is 0 Å². The Hall–Kier alpha value is -1.76. The average Bonchev–Trinajstić information content (AvgIpc) is 2.57. The number of hydrogen-bond acceptors (Lipinski definition) is 1. The number of hydrogen-bond donors (Lipinski definition) is 1. The molecule has 0 aliphatic rings. The maximum absolute atomic E-state index is 10.2. The van der Waals surface area contributed by atoms with Crippen molar-refractivity contribution in [1.82, 2.24) is 0 Å². The Morgan fingerprint density at radius 2 is 1.52 bits per heavy atom. The summed E-state index contributed by atoms with van der Waals surface area (Å²) in [5.74, 6) is 0.438. The second-order valence-electron chi connectivity index (χ2n) is 7.00. The Bertz CT molecular complexity index is 599. The highest BCUT2D eigenvalue weighted by Gasteiger charge is 2.23. The first kappa shape index (κ1) is 17.6. The molecule has 0 radical (unpaired) electrons. The first-order valence-electron chi connectivity index (χ1n) is 8.93. The molecule has 0 unspecified atom stereocenters. The van der Waals surface area contributed by atoms with E-state index in [1.165, 1.54) is 36.8 Å². The highest BCUT2D eigenvalue weighted by Crippen LogP contribution is 2.34. The van der Waals surface area contributed by atoms with E-state index in [1.807, 2.05) is 6.07 Å². The molecular weight excluding hydrogens is 280 g/mol. The van der Waals surface area contributed by atoms with Crippen molar-refractivity contribution in [2.75, 3.05) is 0 Å². The largest absolute Gasteiger partial charge is 0.508 e. The minimum Gasteiger partial charge on any atom is -0.508 e. The SMILES string of the molecule is CCCCCCCc1cc(C(C)(C)c2ccccc2)ccc1O. The molecule has 0 fully saturated rings. The molecule has 23 heavy (non-hydrogen) atoms. The van der Waals surface area contributed by atoms with Crippen LogP contribution in [0.4, 0.5) is 0 Å². The van der Waals surface area contributed by atoms with Crippen LogP contribution in [0.2, 0.25) is 0 Å². The van der Waals surface area contributed by atoms with E-state index in [4.69, 9.17) is 0 Å². The molecule has 1 nitrogen and oxygen atoms in total. The van der Waals surface area contributed by atoms with Gasteiger partial charge in [-0.2, -0.15) is 0 Å². The van der Waals surface area contributed by atoms with E-state index in [2.05, 4.69) is 63.2 Å². The fraction of sp³-hybridized carbons (Fsp3) is 0.455. The normalized spacial score (nSPS) is 11.6. The van der Waals surface area contributed by atoms with Gasteiger partial charge in [-0.1, -0.05) is 88.9 Å². The maximum atomic E-state index is 10.2. The van der Waals surface area contributed by atoms with Crippen LogP contribution in [0.15, 0.2) is 48.5 Å². The summed E-state index contributed by atoms with van der Waals surface area (Å²) in [6, 6.07) is 16.7. The van der Waals surface area contributed by atoms with Crippen molar-refractivity contribution in [2.24, 2.45) is 0 Å². The van der Waals surface area contributed by atoms with Crippen LogP contribution in [0.5, 0.6) is 5.75 Å². The van der Waals surface area contributed by atoms with Gasteiger partial charge in [-0.3, -0.25) is 0 Å². The van der Waals surface area contributed by atoms with Gasteiger partial charge in [0.2, 0.25) is 0 Å². The first-order valence-corrected chi connectivity index (χ1v) is 8.93. The first-order chi connectivity index (χ1) is 11.1. The monoisotopic (exact) mass is 310 g/mol. The molecule has 0 heterocycles. The Balaban J connectivity index is 2.13. The molecule has 0 amide bonds. The van der Waals surface area contributed by atoms with Crippen molar-refractivity contribution in [3.05, 3.63) is 65.2 Å². The van der Waals surface area contributed by atoms with E-state index in [1.54, 1.807) is 0 Å². The lowest BCUT2D eigenvalue weighted by molar-refractivity contribution is 0.465. The molecule has 0 saturated heterocycles. The summed E-state index contributed by atoms with van der Waals surface area (Å²) in [5, 5.41) is 10.2. The molecule has 2 rings (SSSR count). The maximum Gasteiger partial charge on any atom is 0.118 e. The smallest absolute Gasteiger partial charge is 0.118 e. The van der Waals surface area contributed by atoms with E-state index in [9.17, 15) is 5.11 Å². The van der Waals surface area contributed by atoms with Crippen LogP contribution in [-0.2, 0) is 11.8 Å². The third-order valence-corrected chi connectivity index (χ3v) is 4.85. The second-order valence-corrected chi connectivity index (χ2v) is 7.00. The number of aryl methyl sites for hydroxylation is 1. The summed E-state index contributed by atoms with van der Waals surface area (Å²) in [7, 11) is 0. The fourth-order valence-corrected chi connectivity index (χ4v) is 3.11. The predicted octanol–water partition coefficient (Wildman–Crippen LogP) is 6.23. The zero-order valence-corrected chi connectivity index (χ0v) is 14.8. The van der Waals surface area contributed by atoms with Gasteiger partial charge in [-0.05, 0) is 35.6 Å². The van der Waals surface area contributed by atoms with E-state index in [0.717, 1.165) is 18.4 Å². The third kappa shape index (κ3) is 4.60. The summed E-state index contributed by atoms with van der Waals surface area (Å²) < 4.78 is 0. The molecule has 1 heteroatoms. The van der Waals surface area contributed by atoms with Crippen LogP contribution in [0.25, 0.3) is 0 Å². The van der Waals surface area contributed by atoms with Gasteiger partial charge in [0.25, 0.3) is 0 Å². The Morgan fingerprint density at radius 1 is 0.826 bits per heavy atom. The molecule has 0 bridgehead atoms. The lowest BCUT2D eigenvalue weighted by atomic mass is 9.77. The minimum absolute atomic E-state index is 0.0497. The molecule has 0 saturated carbocycles. The van der Waals surface area contributed by atoms with Gasteiger partial charge in [-0.25, -0.2) is 0 Å². The lowest BCUT2D eigenvalue weighted by Gasteiger charge is -2.27. The number of unbranched alkanes of at least 4 members (excludes halogenated alkanes) is 4. The summed E-state index contributed by atoms with van der Waals surface area (Å²) in [4.78, 5) is 0. The van der Waals surface area contributed by atoms with Crippen molar-refractivity contribution in [3.63, 3.8) is 0 Å². The van der Waals surface area contributed by atoms with Crippen LogP contribution in [0, 0.1) is 0 Å². The summed E-state index contributed by atoms with van der Waals surface area (Å²) in [6.45, 7) is 6.74. The van der Waals surface area contributed by atoms with E-state index >= 15 is 0 Å². The topological polar surface area (TPSA) is 20.2 Å². The van der Waals surface area contributed by atoms with Gasteiger partial charge >= 0.3 is 0 Å². The highest BCUT2D eigenvalue weighted by molar-refractivity contribution is 5.44. The average molecular weight is 310 g/mol. The van der Waals surface area contributed by atoms with Crippen molar-refractivity contribution < 1.29 is 5.11 Å². The molecular formula is C22H30O. The number of phenolic OH excluding ortho intramolecular Hbond substituents is 1. The molecule has 0 atom stereocenters. The number of rotatable bonds is 8. The molecule has 2 aromatic rings. The zero-order chi connectivity index (χ0) is 16.7. The predicted molar refractivity (Wildman–Crippen MR) is 99.1 cm³/mol. The third-order valence-electron chi connectivity index (χ3n) is 4.85. The van der Waals surface area contributed by atoms with Crippen LogP contribution < -0.4 is 0 Å². The molecule has 0 aromatic heterocycles. The molecule has 124 valence electrons. The van der Waals surface area contributed by atoms with Crippen molar-refractivity contribution in [1.29, 1.82) is 0 Å². The number of benzene rings is 2. The van der Waals surface area contributed by atoms with Gasteiger partial charge < -0.3 is 5.11 Å². The number of aromatic hydroxyl groups is 1. The minimum atomic E-state index is -0.0497. The Labute approximate surface area is 141 Å². The highest BCUT2D eigenvalue weighted by atomic mass is 16.3.